The van der Waals surface area contributed by atoms with E-state index in [1.54, 1.807) is 54.6 Å². The minimum atomic E-state index is -0.766. The topological polar surface area (TPSA) is 72.4 Å². The van der Waals surface area contributed by atoms with Gasteiger partial charge in [-0.3, -0.25) is 14.5 Å². The standard InChI is InChI=1S/C21H12Cl2FN3O3S/c22-14-6-4-12(5-7-14)11-27-19(28)17(31-21(27)29)9-13-2-1-3-15(8-13)30-18-16(24)10-25-20(23)26-18/h1-10H,11H2/b17-9+. The Balaban J connectivity index is 1.52. The molecule has 156 valence electrons. The van der Waals surface area contributed by atoms with Crippen molar-refractivity contribution in [3.8, 4) is 11.6 Å². The van der Waals surface area contributed by atoms with Gasteiger partial charge in [-0.25, -0.2) is 4.98 Å². The van der Waals surface area contributed by atoms with Crippen LogP contribution in [0.3, 0.4) is 0 Å². The van der Waals surface area contributed by atoms with Gasteiger partial charge in [-0.05, 0) is 64.8 Å². The summed E-state index contributed by atoms with van der Waals surface area (Å²) >= 11 is 12.4. The fourth-order valence-electron chi connectivity index (χ4n) is 2.74. The highest BCUT2D eigenvalue weighted by Gasteiger charge is 2.35. The average Bonchev–Trinajstić information content (AvgIpc) is 3.00. The molecule has 4 rings (SSSR count). The highest BCUT2D eigenvalue weighted by atomic mass is 35.5. The molecule has 0 N–H and O–H groups in total. The van der Waals surface area contributed by atoms with Gasteiger partial charge in [0.1, 0.15) is 5.75 Å². The summed E-state index contributed by atoms with van der Waals surface area (Å²) in [6.07, 6.45) is 2.48. The number of nitrogens with zero attached hydrogens (tertiary/aromatic N) is 3. The summed E-state index contributed by atoms with van der Waals surface area (Å²) in [4.78, 5) is 33.7. The lowest BCUT2D eigenvalue weighted by molar-refractivity contribution is -0.123. The summed E-state index contributed by atoms with van der Waals surface area (Å²) in [5.41, 5.74) is 1.38. The largest absolute Gasteiger partial charge is 0.436 e. The Hall–Kier alpha value is -2.94. The minimum Gasteiger partial charge on any atom is -0.436 e. The Labute approximate surface area is 190 Å². The molecule has 1 fully saturated rings. The van der Waals surface area contributed by atoms with E-state index in [9.17, 15) is 14.0 Å². The van der Waals surface area contributed by atoms with Crippen LogP contribution in [0.25, 0.3) is 6.08 Å². The van der Waals surface area contributed by atoms with Crippen molar-refractivity contribution in [3.05, 3.63) is 86.9 Å². The maximum absolute atomic E-state index is 13.8. The minimum absolute atomic E-state index is 0.149. The molecule has 0 aliphatic carbocycles. The molecular weight excluding hydrogens is 464 g/mol. The molecular formula is C21H12Cl2FN3O3S. The van der Waals surface area contributed by atoms with Crippen LogP contribution in [0.5, 0.6) is 11.6 Å². The van der Waals surface area contributed by atoms with Gasteiger partial charge in [0, 0.05) is 5.02 Å². The first-order valence-corrected chi connectivity index (χ1v) is 10.4. The fraction of sp³-hybridized carbons (Fsp3) is 0.0476. The third-order valence-corrected chi connectivity index (χ3v) is 5.52. The van der Waals surface area contributed by atoms with E-state index < -0.39 is 11.7 Å². The van der Waals surface area contributed by atoms with E-state index in [-0.39, 0.29) is 33.6 Å². The molecule has 3 aromatic rings. The second kappa shape index (κ2) is 9.05. The van der Waals surface area contributed by atoms with Crippen molar-refractivity contribution < 1.29 is 18.7 Å². The van der Waals surface area contributed by atoms with Crippen LogP contribution in [0.4, 0.5) is 9.18 Å². The number of amides is 2. The van der Waals surface area contributed by atoms with Gasteiger partial charge in [-0.2, -0.15) is 9.37 Å². The van der Waals surface area contributed by atoms with E-state index in [0.29, 0.717) is 10.6 Å². The number of benzene rings is 2. The molecule has 1 aliphatic heterocycles. The van der Waals surface area contributed by atoms with Crippen LogP contribution in [-0.2, 0) is 11.3 Å². The van der Waals surface area contributed by atoms with Crippen molar-refractivity contribution >= 4 is 52.2 Å². The maximum Gasteiger partial charge on any atom is 0.293 e. The predicted octanol–water partition coefficient (Wildman–Crippen LogP) is 5.95. The monoisotopic (exact) mass is 475 g/mol. The zero-order valence-corrected chi connectivity index (χ0v) is 17.9. The van der Waals surface area contributed by atoms with Crippen molar-refractivity contribution in [2.24, 2.45) is 0 Å². The fourth-order valence-corrected chi connectivity index (χ4v) is 3.83. The lowest BCUT2D eigenvalue weighted by Crippen LogP contribution is -2.27. The van der Waals surface area contributed by atoms with Crippen molar-refractivity contribution in [1.29, 1.82) is 0 Å². The molecule has 1 aromatic heterocycles. The number of carbonyl (C=O) groups is 2. The summed E-state index contributed by atoms with van der Waals surface area (Å²) in [7, 11) is 0. The molecule has 1 aliphatic rings. The lowest BCUT2D eigenvalue weighted by atomic mass is 10.2. The molecule has 1 saturated heterocycles. The van der Waals surface area contributed by atoms with E-state index in [2.05, 4.69) is 9.97 Å². The third kappa shape index (κ3) is 5.04. The zero-order valence-electron chi connectivity index (χ0n) is 15.6. The van der Waals surface area contributed by atoms with Crippen LogP contribution in [0, 0.1) is 5.82 Å². The van der Waals surface area contributed by atoms with Gasteiger partial charge in [0.05, 0.1) is 17.6 Å². The van der Waals surface area contributed by atoms with E-state index in [1.165, 1.54) is 4.90 Å². The number of hydrogen-bond donors (Lipinski definition) is 0. The molecule has 10 heteroatoms. The van der Waals surface area contributed by atoms with Crippen molar-refractivity contribution in [3.63, 3.8) is 0 Å². The van der Waals surface area contributed by atoms with Gasteiger partial charge in [-0.1, -0.05) is 35.9 Å². The molecule has 31 heavy (non-hydrogen) atoms. The highest BCUT2D eigenvalue weighted by molar-refractivity contribution is 8.18. The van der Waals surface area contributed by atoms with Gasteiger partial charge in [-0.15, -0.1) is 0 Å². The number of rotatable bonds is 5. The first-order valence-electron chi connectivity index (χ1n) is 8.85. The first-order chi connectivity index (χ1) is 14.9. The number of thioether (sulfide) groups is 1. The molecule has 0 spiro atoms. The van der Waals surface area contributed by atoms with Crippen LogP contribution in [0.2, 0.25) is 10.3 Å². The first kappa shape index (κ1) is 21.3. The quantitative estimate of drug-likeness (QED) is 0.335. The Kier molecular flexibility index (Phi) is 6.22. The van der Waals surface area contributed by atoms with E-state index in [4.69, 9.17) is 27.9 Å². The Morgan fingerprint density at radius 3 is 2.68 bits per heavy atom. The Morgan fingerprint density at radius 1 is 1.13 bits per heavy atom. The van der Waals surface area contributed by atoms with Crippen LogP contribution in [0.1, 0.15) is 11.1 Å². The summed E-state index contributed by atoms with van der Waals surface area (Å²) in [6.45, 7) is 0.149. The molecule has 0 atom stereocenters. The van der Waals surface area contributed by atoms with Gasteiger partial charge in [0.2, 0.25) is 11.1 Å². The predicted molar refractivity (Wildman–Crippen MR) is 116 cm³/mol. The molecule has 0 saturated carbocycles. The number of carbonyl (C=O) groups excluding carboxylic acids is 2. The maximum atomic E-state index is 13.8. The van der Waals surface area contributed by atoms with Crippen LogP contribution in [0.15, 0.2) is 59.6 Å². The summed E-state index contributed by atoms with van der Waals surface area (Å²) < 4.78 is 19.2. The van der Waals surface area contributed by atoms with Gasteiger partial charge < -0.3 is 4.74 Å². The molecule has 2 aromatic carbocycles. The molecule has 2 amide bonds. The molecule has 0 unspecified atom stereocenters. The van der Waals surface area contributed by atoms with Crippen LogP contribution < -0.4 is 4.74 Å². The van der Waals surface area contributed by atoms with Gasteiger partial charge in [0.15, 0.2) is 0 Å². The second-order valence-electron chi connectivity index (χ2n) is 6.36. The van der Waals surface area contributed by atoms with E-state index in [1.807, 2.05) is 0 Å². The van der Waals surface area contributed by atoms with Gasteiger partial charge >= 0.3 is 0 Å². The molecule has 2 heterocycles. The smallest absolute Gasteiger partial charge is 0.293 e. The number of ether oxygens (including phenoxy) is 1. The average molecular weight is 476 g/mol. The highest BCUT2D eigenvalue weighted by Crippen LogP contribution is 2.34. The molecule has 0 bridgehead atoms. The number of halogens is 3. The SMILES string of the molecule is O=C1S/C(=C/c2cccc(Oc3nc(Cl)ncc3F)c2)C(=O)N1Cc1ccc(Cl)cc1. The Bertz CT molecular complexity index is 1200. The lowest BCUT2D eigenvalue weighted by Gasteiger charge is -2.12. The number of aromatic nitrogens is 2. The van der Waals surface area contributed by atoms with Crippen LogP contribution >= 0.6 is 35.0 Å². The number of imide groups is 1. The van der Waals surface area contributed by atoms with E-state index >= 15 is 0 Å². The molecule has 0 radical (unpaired) electrons. The van der Waals surface area contributed by atoms with E-state index in [0.717, 1.165) is 23.5 Å². The summed E-state index contributed by atoms with van der Waals surface area (Å²) in [5.74, 6) is -1.20. The Morgan fingerprint density at radius 2 is 1.90 bits per heavy atom. The summed E-state index contributed by atoms with van der Waals surface area (Å²) in [5, 5.41) is 0.0576. The van der Waals surface area contributed by atoms with Crippen molar-refractivity contribution in [2.45, 2.75) is 6.54 Å². The van der Waals surface area contributed by atoms with Crippen molar-refractivity contribution in [1.82, 2.24) is 14.9 Å². The third-order valence-electron chi connectivity index (χ3n) is 4.18. The van der Waals surface area contributed by atoms with Crippen molar-refractivity contribution in [2.75, 3.05) is 0 Å². The van der Waals surface area contributed by atoms with Crippen LogP contribution in [-0.4, -0.2) is 26.0 Å². The zero-order chi connectivity index (χ0) is 22.0. The second-order valence-corrected chi connectivity index (χ2v) is 8.13. The molecule has 6 nitrogen and oxygen atoms in total. The van der Waals surface area contributed by atoms with Gasteiger partial charge in [0.25, 0.3) is 17.0 Å². The normalized spacial score (nSPS) is 15.1. The number of hydrogen-bond acceptors (Lipinski definition) is 6. The summed E-state index contributed by atoms with van der Waals surface area (Å²) in [6, 6.07) is 13.5.